The maximum Gasteiger partial charge on any atom is 0.0794 e. The Morgan fingerprint density at radius 3 is 3.07 bits per heavy atom. The predicted octanol–water partition coefficient (Wildman–Crippen LogP) is 2.09. The Morgan fingerprint density at radius 2 is 2.47 bits per heavy atom. The second-order valence-electron chi connectivity index (χ2n) is 3.60. The number of methoxy groups -OCH3 is 1. The molecular formula is C11H20N2OS. The van der Waals surface area contributed by atoms with Crippen molar-refractivity contribution in [2.24, 2.45) is 0 Å². The van der Waals surface area contributed by atoms with Crippen LogP contribution in [-0.2, 0) is 11.2 Å². The van der Waals surface area contributed by atoms with Crippen molar-refractivity contribution in [3.05, 3.63) is 16.6 Å². The van der Waals surface area contributed by atoms with E-state index in [0.717, 1.165) is 26.0 Å². The van der Waals surface area contributed by atoms with E-state index < -0.39 is 0 Å². The van der Waals surface area contributed by atoms with Gasteiger partial charge in [0, 0.05) is 30.8 Å². The molecule has 0 saturated carbocycles. The standard InChI is InChI=1S/C11H20N2OS/c1-3-5-13-10(4-6-14-2)7-11-8-12-9-15-11/h8-10,13H,3-7H2,1-2H3. The van der Waals surface area contributed by atoms with Gasteiger partial charge in [-0.2, -0.15) is 0 Å². The van der Waals surface area contributed by atoms with Crippen LogP contribution in [0.15, 0.2) is 11.7 Å². The molecule has 0 aromatic carbocycles. The molecule has 0 amide bonds. The lowest BCUT2D eigenvalue weighted by Crippen LogP contribution is -2.32. The van der Waals surface area contributed by atoms with Gasteiger partial charge in [-0.05, 0) is 25.8 Å². The van der Waals surface area contributed by atoms with E-state index in [4.69, 9.17) is 4.74 Å². The molecule has 1 aromatic heterocycles. The molecule has 1 unspecified atom stereocenters. The first-order chi connectivity index (χ1) is 7.36. The molecule has 1 rings (SSSR count). The summed E-state index contributed by atoms with van der Waals surface area (Å²) in [7, 11) is 1.75. The van der Waals surface area contributed by atoms with Crippen molar-refractivity contribution in [3.63, 3.8) is 0 Å². The summed E-state index contributed by atoms with van der Waals surface area (Å²) in [6.07, 6.45) is 5.26. The quantitative estimate of drug-likeness (QED) is 0.740. The highest BCUT2D eigenvalue weighted by Gasteiger charge is 2.09. The smallest absolute Gasteiger partial charge is 0.0794 e. The summed E-state index contributed by atoms with van der Waals surface area (Å²) < 4.78 is 5.12. The molecule has 1 aromatic rings. The Balaban J connectivity index is 2.33. The number of nitrogens with zero attached hydrogens (tertiary/aromatic N) is 1. The van der Waals surface area contributed by atoms with Crippen molar-refractivity contribution in [2.45, 2.75) is 32.2 Å². The minimum absolute atomic E-state index is 0.519. The van der Waals surface area contributed by atoms with E-state index in [1.54, 1.807) is 18.4 Å². The molecule has 0 fully saturated rings. The zero-order valence-corrected chi connectivity index (χ0v) is 10.3. The van der Waals surface area contributed by atoms with Crippen LogP contribution in [0.5, 0.6) is 0 Å². The largest absolute Gasteiger partial charge is 0.385 e. The molecule has 86 valence electrons. The third-order valence-corrected chi connectivity index (χ3v) is 3.09. The molecule has 4 heteroatoms. The molecule has 0 radical (unpaired) electrons. The molecule has 3 nitrogen and oxygen atoms in total. The van der Waals surface area contributed by atoms with E-state index >= 15 is 0 Å². The fourth-order valence-electron chi connectivity index (χ4n) is 1.47. The normalized spacial score (nSPS) is 12.9. The van der Waals surface area contributed by atoms with Crippen LogP contribution in [0.25, 0.3) is 0 Å². The van der Waals surface area contributed by atoms with Crippen molar-refractivity contribution in [1.29, 1.82) is 0 Å². The van der Waals surface area contributed by atoms with E-state index in [9.17, 15) is 0 Å². The first kappa shape index (κ1) is 12.6. The summed E-state index contributed by atoms with van der Waals surface area (Å²) in [6, 6.07) is 0.519. The number of hydrogen-bond donors (Lipinski definition) is 1. The van der Waals surface area contributed by atoms with E-state index in [-0.39, 0.29) is 0 Å². The number of hydrogen-bond acceptors (Lipinski definition) is 4. The van der Waals surface area contributed by atoms with Gasteiger partial charge in [-0.15, -0.1) is 11.3 Å². The van der Waals surface area contributed by atoms with Crippen LogP contribution >= 0.6 is 11.3 Å². The van der Waals surface area contributed by atoms with Crippen LogP contribution in [0.3, 0.4) is 0 Å². The summed E-state index contributed by atoms with van der Waals surface area (Å²) in [5, 5.41) is 3.54. The topological polar surface area (TPSA) is 34.1 Å². The van der Waals surface area contributed by atoms with Gasteiger partial charge in [-0.1, -0.05) is 6.92 Å². The Labute approximate surface area is 95.9 Å². The Kier molecular flexibility index (Phi) is 6.55. The Bertz CT molecular complexity index is 231. The van der Waals surface area contributed by atoms with Crippen LogP contribution in [0, 0.1) is 0 Å². The summed E-state index contributed by atoms with van der Waals surface area (Å²) in [5.74, 6) is 0. The molecular weight excluding hydrogens is 208 g/mol. The highest BCUT2D eigenvalue weighted by Crippen LogP contribution is 2.10. The van der Waals surface area contributed by atoms with E-state index in [1.165, 1.54) is 11.3 Å². The molecule has 1 atom stereocenters. The number of nitrogens with one attached hydrogen (secondary N) is 1. The summed E-state index contributed by atoms with van der Waals surface area (Å²) in [6.45, 7) is 4.08. The molecule has 0 spiro atoms. The Morgan fingerprint density at radius 1 is 1.60 bits per heavy atom. The van der Waals surface area contributed by atoms with Crippen LogP contribution in [0.4, 0.5) is 0 Å². The fraction of sp³-hybridized carbons (Fsp3) is 0.727. The van der Waals surface area contributed by atoms with Crippen LogP contribution in [0.1, 0.15) is 24.6 Å². The van der Waals surface area contributed by atoms with Gasteiger partial charge < -0.3 is 10.1 Å². The summed E-state index contributed by atoms with van der Waals surface area (Å²) in [4.78, 5) is 5.44. The SMILES string of the molecule is CCCNC(CCOC)Cc1cncs1. The van der Waals surface area contributed by atoms with Crippen molar-refractivity contribution in [2.75, 3.05) is 20.3 Å². The van der Waals surface area contributed by atoms with Gasteiger partial charge in [-0.3, -0.25) is 4.98 Å². The van der Waals surface area contributed by atoms with Crippen molar-refractivity contribution in [1.82, 2.24) is 10.3 Å². The zero-order valence-electron chi connectivity index (χ0n) is 9.53. The minimum Gasteiger partial charge on any atom is -0.385 e. The third-order valence-electron chi connectivity index (χ3n) is 2.28. The fourth-order valence-corrected chi connectivity index (χ4v) is 2.15. The van der Waals surface area contributed by atoms with E-state index in [1.807, 2.05) is 11.7 Å². The monoisotopic (exact) mass is 228 g/mol. The first-order valence-corrected chi connectivity index (χ1v) is 6.34. The van der Waals surface area contributed by atoms with Crippen molar-refractivity contribution >= 4 is 11.3 Å². The zero-order chi connectivity index (χ0) is 10.9. The Hall–Kier alpha value is -0.450. The summed E-state index contributed by atoms with van der Waals surface area (Å²) in [5.41, 5.74) is 1.89. The maximum atomic E-state index is 5.12. The molecule has 0 bridgehead atoms. The van der Waals surface area contributed by atoms with Crippen LogP contribution in [-0.4, -0.2) is 31.3 Å². The lowest BCUT2D eigenvalue weighted by molar-refractivity contribution is 0.182. The molecule has 15 heavy (non-hydrogen) atoms. The highest BCUT2D eigenvalue weighted by atomic mass is 32.1. The second kappa shape index (κ2) is 7.79. The molecule has 0 aliphatic rings. The molecule has 0 aliphatic heterocycles. The van der Waals surface area contributed by atoms with Gasteiger partial charge in [-0.25, -0.2) is 0 Å². The van der Waals surface area contributed by atoms with Crippen LogP contribution in [0.2, 0.25) is 0 Å². The average molecular weight is 228 g/mol. The predicted molar refractivity (Wildman–Crippen MR) is 64.4 cm³/mol. The number of thiazole rings is 1. The second-order valence-corrected chi connectivity index (χ2v) is 4.58. The lowest BCUT2D eigenvalue weighted by Gasteiger charge is -2.16. The van der Waals surface area contributed by atoms with Crippen molar-refractivity contribution in [3.8, 4) is 0 Å². The first-order valence-electron chi connectivity index (χ1n) is 5.46. The van der Waals surface area contributed by atoms with E-state index in [0.29, 0.717) is 6.04 Å². The van der Waals surface area contributed by atoms with Gasteiger partial charge in [0.2, 0.25) is 0 Å². The highest BCUT2D eigenvalue weighted by molar-refractivity contribution is 7.09. The number of ether oxygens (including phenoxy) is 1. The molecule has 0 aliphatic carbocycles. The van der Waals surface area contributed by atoms with Gasteiger partial charge in [0.15, 0.2) is 0 Å². The van der Waals surface area contributed by atoms with E-state index in [2.05, 4.69) is 17.2 Å². The third kappa shape index (κ3) is 5.25. The summed E-state index contributed by atoms with van der Waals surface area (Å²) >= 11 is 1.73. The molecule has 0 saturated heterocycles. The average Bonchev–Trinajstić information content (AvgIpc) is 2.74. The molecule has 1 heterocycles. The minimum atomic E-state index is 0.519. The van der Waals surface area contributed by atoms with Crippen LogP contribution < -0.4 is 5.32 Å². The van der Waals surface area contributed by atoms with Crippen molar-refractivity contribution < 1.29 is 4.74 Å². The lowest BCUT2D eigenvalue weighted by atomic mass is 10.1. The van der Waals surface area contributed by atoms with Gasteiger partial charge in [0.05, 0.1) is 5.51 Å². The number of rotatable bonds is 8. The van der Waals surface area contributed by atoms with Gasteiger partial charge in [0.25, 0.3) is 0 Å². The van der Waals surface area contributed by atoms with Gasteiger partial charge in [0.1, 0.15) is 0 Å². The maximum absolute atomic E-state index is 5.12. The van der Waals surface area contributed by atoms with Gasteiger partial charge >= 0.3 is 0 Å². The molecule has 1 N–H and O–H groups in total. The number of aromatic nitrogens is 1.